The van der Waals surface area contributed by atoms with E-state index >= 15 is 0 Å². The van der Waals surface area contributed by atoms with Crippen LogP contribution in [-0.4, -0.2) is 13.1 Å². The second-order valence-electron chi connectivity index (χ2n) is 5.73. The lowest BCUT2D eigenvalue weighted by atomic mass is 9.95. The molecule has 2 nitrogen and oxygen atoms in total. The monoisotopic (exact) mass is 310 g/mol. The molecule has 1 saturated heterocycles. The van der Waals surface area contributed by atoms with Crippen LogP contribution in [0.4, 0.5) is 5.69 Å². The molecule has 18 heavy (non-hydrogen) atoms. The molecule has 1 fully saturated rings. The molecule has 1 aliphatic heterocycles. The Bertz CT molecular complexity index is 415. The maximum Gasteiger partial charge on any atom is 0.0377 e. The number of halogens is 1. The third-order valence-electron chi connectivity index (χ3n) is 4.01. The highest BCUT2D eigenvalue weighted by Gasteiger charge is 2.25. The highest BCUT2D eigenvalue weighted by molar-refractivity contribution is 9.10. The Balaban J connectivity index is 2.13. The molecule has 2 N–H and O–H groups in total. The molecule has 0 aliphatic carbocycles. The van der Waals surface area contributed by atoms with E-state index in [2.05, 4.69) is 52.9 Å². The second-order valence-corrected chi connectivity index (χ2v) is 6.59. The predicted octanol–water partition coefficient (Wildman–Crippen LogP) is 3.95. The first-order valence-electron chi connectivity index (χ1n) is 6.79. The van der Waals surface area contributed by atoms with Gasteiger partial charge in [0.1, 0.15) is 0 Å². The van der Waals surface area contributed by atoms with Crippen LogP contribution in [0.5, 0.6) is 0 Å². The van der Waals surface area contributed by atoms with Crippen molar-refractivity contribution < 1.29 is 0 Å². The van der Waals surface area contributed by atoms with Crippen molar-refractivity contribution in [2.75, 3.05) is 18.0 Å². The fourth-order valence-corrected chi connectivity index (χ4v) is 3.38. The zero-order valence-corrected chi connectivity index (χ0v) is 13.1. The van der Waals surface area contributed by atoms with Crippen LogP contribution in [0, 0.1) is 11.8 Å². The van der Waals surface area contributed by atoms with Gasteiger partial charge in [-0.1, -0.05) is 35.8 Å². The van der Waals surface area contributed by atoms with E-state index in [4.69, 9.17) is 5.73 Å². The van der Waals surface area contributed by atoms with Gasteiger partial charge < -0.3 is 10.6 Å². The van der Waals surface area contributed by atoms with E-state index in [1.54, 1.807) is 0 Å². The van der Waals surface area contributed by atoms with Crippen LogP contribution in [0.25, 0.3) is 0 Å². The van der Waals surface area contributed by atoms with Crippen molar-refractivity contribution in [1.29, 1.82) is 0 Å². The van der Waals surface area contributed by atoms with Crippen LogP contribution in [0.1, 0.15) is 38.8 Å². The molecule has 1 aromatic rings. The van der Waals surface area contributed by atoms with Crippen molar-refractivity contribution in [2.24, 2.45) is 17.6 Å². The third kappa shape index (κ3) is 2.89. The molecule has 0 radical (unpaired) electrons. The Morgan fingerprint density at radius 1 is 1.33 bits per heavy atom. The Hall–Kier alpha value is -0.540. The molecule has 1 aliphatic rings. The first-order valence-corrected chi connectivity index (χ1v) is 7.58. The summed E-state index contributed by atoms with van der Waals surface area (Å²) in [5.74, 6) is 1.61. The van der Waals surface area contributed by atoms with E-state index in [0.717, 1.165) is 16.3 Å². The van der Waals surface area contributed by atoms with Gasteiger partial charge in [0.15, 0.2) is 0 Å². The molecule has 100 valence electrons. The zero-order valence-electron chi connectivity index (χ0n) is 11.5. The van der Waals surface area contributed by atoms with Crippen LogP contribution < -0.4 is 10.6 Å². The van der Waals surface area contributed by atoms with Gasteiger partial charge in [0, 0.05) is 29.3 Å². The lowest BCUT2D eigenvalue weighted by Crippen LogP contribution is -2.21. The summed E-state index contributed by atoms with van der Waals surface area (Å²) < 4.78 is 1.13. The van der Waals surface area contributed by atoms with Crippen LogP contribution >= 0.6 is 15.9 Å². The molecule has 0 aromatic heterocycles. The van der Waals surface area contributed by atoms with Crippen molar-refractivity contribution in [1.82, 2.24) is 0 Å². The fraction of sp³-hybridized carbons (Fsp3) is 0.600. The molecule has 2 unspecified atom stereocenters. The Morgan fingerprint density at radius 2 is 2.06 bits per heavy atom. The van der Waals surface area contributed by atoms with E-state index < -0.39 is 0 Å². The summed E-state index contributed by atoms with van der Waals surface area (Å²) in [5.41, 5.74) is 8.43. The maximum atomic E-state index is 5.94. The highest BCUT2D eigenvalue weighted by atomic mass is 79.9. The van der Waals surface area contributed by atoms with Crippen molar-refractivity contribution in [3.8, 4) is 0 Å². The van der Waals surface area contributed by atoms with Gasteiger partial charge in [0.2, 0.25) is 0 Å². The topological polar surface area (TPSA) is 29.3 Å². The highest BCUT2D eigenvalue weighted by Crippen LogP contribution is 2.32. The fourth-order valence-electron chi connectivity index (χ4n) is 2.65. The molecule has 0 saturated carbocycles. The summed E-state index contributed by atoms with van der Waals surface area (Å²) in [7, 11) is 0. The van der Waals surface area contributed by atoms with Crippen molar-refractivity contribution in [3.63, 3.8) is 0 Å². The summed E-state index contributed by atoms with van der Waals surface area (Å²) in [5, 5.41) is 0. The average molecular weight is 311 g/mol. The number of hydrogen-bond acceptors (Lipinski definition) is 2. The van der Waals surface area contributed by atoms with Crippen molar-refractivity contribution in [3.05, 3.63) is 28.2 Å². The van der Waals surface area contributed by atoms with Gasteiger partial charge in [-0.05, 0) is 42.9 Å². The normalized spacial score (nSPS) is 21.7. The molecule has 2 atom stereocenters. The lowest BCUT2D eigenvalue weighted by Gasteiger charge is -2.21. The quantitative estimate of drug-likeness (QED) is 0.916. The summed E-state index contributed by atoms with van der Waals surface area (Å²) >= 11 is 3.63. The van der Waals surface area contributed by atoms with E-state index in [0.29, 0.717) is 0 Å². The van der Waals surface area contributed by atoms with Gasteiger partial charge in [-0.25, -0.2) is 0 Å². The number of rotatable bonds is 3. The zero-order chi connectivity index (χ0) is 13.3. The lowest BCUT2D eigenvalue weighted by molar-refractivity contribution is 0.423. The minimum absolute atomic E-state index is 0.0791. The molecule has 3 heteroatoms. The molecular formula is C15H23BrN2. The van der Waals surface area contributed by atoms with Gasteiger partial charge in [0.25, 0.3) is 0 Å². The molecule has 0 bridgehead atoms. The predicted molar refractivity (Wildman–Crippen MR) is 81.9 cm³/mol. The number of nitrogens with two attached hydrogens (primary N) is 1. The summed E-state index contributed by atoms with van der Waals surface area (Å²) in [6.07, 6.45) is 1.31. The maximum absolute atomic E-state index is 5.94. The first-order chi connectivity index (χ1) is 8.49. The second kappa shape index (κ2) is 5.62. The summed E-state index contributed by atoms with van der Waals surface area (Å²) in [6.45, 7) is 9.02. The van der Waals surface area contributed by atoms with Crippen LogP contribution in [0.3, 0.4) is 0 Å². The molecule has 1 heterocycles. The van der Waals surface area contributed by atoms with Crippen molar-refractivity contribution >= 4 is 21.6 Å². The van der Waals surface area contributed by atoms with E-state index in [1.165, 1.54) is 30.8 Å². The largest absolute Gasteiger partial charge is 0.371 e. The van der Waals surface area contributed by atoms with E-state index in [1.807, 2.05) is 6.92 Å². The molecule has 0 amide bonds. The minimum Gasteiger partial charge on any atom is -0.371 e. The van der Waals surface area contributed by atoms with Crippen LogP contribution in [0.2, 0.25) is 0 Å². The molecule has 0 spiro atoms. The molecule has 2 rings (SSSR count). The summed E-state index contributed by atoms with van der Waals surface area (Å²) in [6, 6.07) is 6.63. The van der Waals surface area contributed by atoms with Gasteiger partial charge in [-0.15, -0.1) is 0 Å². The van der Waals surface area contributed by atoms with Gasteiger partial charge in [-0.3, -0.25) is 0 Å². The SMILES string of the molecule is CC(N)c1ccc(N2CCC(C(C)C)C2)cc1Br. The van der Waals surface area contributed by atoms with Gasteiger partial charge in [0.05, 0.1) is 0 Å². The Kier molecular flexibility index (Phi) is 4.33. The van der Waals surface area contributed by atoms with Gasteiger partial charge >= 0.3 is 0 Å². The van der Waals surface area contributed by atoms with Gasteiger partial charge in [-0.2, -0.15) is 0 Å². The van der Waals surface area contributed by atoms with E-state index in [-0.39, 0.29) is 6.04 Å². The number of anilines is 1. The summed E-state index contributed by atoms with van der Waals surface area (Å²) in [4.78, 5) is 2.49. The third-order valence-corrected chi connectivity index (χ3v) is 4.69. The van der Waals surface area contributed by atoms with Crippen LogP contribution in [0.15, 0.2) is 22.7 Å². The molecule has 1 aromatic carbocycles. The van der Waals surface area contributed by atoms with E-state index in [9.17, 15) is 0 Å². The number of benzene rings is 1. The smallest absolute Gasteiger partial charge is 0.0377 e. The first kappa shape index (κ1) is 13.9. The molecular weight excluding hydrogens is 288 g/mol. The number of hydrogen-bond donors (Lipinski definition) is 1. The standard InChI is InChI=1S/C15H23BrN2/c1-10(2)12-6-7-18(9-12)13-4-5-14(11(3)17)15(16)8-13/h4-5,8,10-12H,6-7,9,17H2,1-3H3. The Labute approximate surface area is 119 Å². The number of nitrogens with zero attached hydrogens (tertiary/aromatic N) is 1. The average Bonchev–Trinajstić information content (AvgIpc) is 2.77. The Morgan fingerprint density at radius 3 is 2.56 bits per heavy atom. The minimum atomic E-state index is 0.0791. The van der Waals surface area contributed by atoms with Crippen LogP contribution in [-0.2, 0) is 0 Å². The van der Waals surface area contributed by atoms with Crippen molar-refractivity contribution in [2.45, 2.75) is 33.2 Å².